The first-order valence-corrected chi connectivity index (χ1v) is 12.7. The van der Waals surface area contributed by atoms with Gasteiger partial charge in [-0.1, -0.05) is 136 Å². The van der Waals surface area contributed by atoms with E-state index in [9.17, 15) is 5.11 Å². The molecule has 0 bridgehead atoms. The van der Waals surface area contributed by atoms with E-state index in [0.717, 1.165) is 12.3 Å². The molecular formula is C26H53O. The lowest BCUT2D eigenvalue weighted by atomic mass is 9.89. The molecule has 1 nitrogen and oxygen atoms in total. The third-order valence-electron chi connectivity index (χ3n) is 5.99. The van der Waals surface area contributed by atoms with Gasteiger partial charge in [-0.25, -0.2) is 0 Å². The molecule has 0 heterocycles. The van der Waals surface area contributed by atoms with E-state index in [1.807, 2.05) is 6.92 Å². The number of rotatable bonds is 22. The minimum Gasteiger partial charge on any atom is -0.393 e. The molecule has 0 amide bonds. The minimum atomic E-state index is -0.241. The highest BCUT2D eigenvalue weighted by molar-refractivity contribution is 4.76. The lowest BCUT2D eigenvalue weighted by molar-refractivity contribution is 0.215. The van der Waals surface area contributed by atoms with Gasteiger partial charge in [-0.2, -0.15) is 0 Å². The van der Waals surface area contributed by atoms with E-state index in [-0.39, 0.29) is 6.10 Å². The van der Waals surface area contributed by atoms with Crippen LogP contribution in [-0.2, 0) is 0 Å². The topological polar surface area (TPSA) is 20.2 Å². The van der Waals surface area contributed by atoms with Gasteiger partial charge in [0.1, 0.15) is 0 Å². The number of aliphatic hydroxyl groups excluding tert-OH is 1. The lowest BCUT2D eigenvalue weighted by Crippen LogP contribution is -2.08. The molecule has 1 radical (unpaired) electrons. The van der Waals surface area contributed by atoms with Gasteiger partial charge in [0.15, 0.2) is 0 Å². The van der Waals surface area contributed by atoms with Gasteiger partial charge in [0.05, 0.1) is 6.10 Å². The molecule has 2 atom stereocenters. The molecule has 0 aromatic heterocycles. The van der Waals surface area contributed by atoms with E-state index >= 15 is 0 Å². The van der Waals surface area contributed by atoms with Crippen molar-refractivity contribution in [2.24, 2.45) is 5.92 Å². The Morgan fingerprint density at radius 3 is 1.22 bits per heavy atom. The molecule has 1 heteroatoms. The van der Waals surface area contributed by atoms with Gasteiger partial charge in [-0.05, 0) is 25.7 Å². The van der Waals surface area contributed by atoms with Crippen LogP contribution in [0.2, 0.25) is 0 Å². The van der Waals surface area contributed by atoms with Crippen molar-refractivity contribution in [2.45, 2.75) is 155 Å². The van der Waals surface area contributed by atoms with Crippen molar-refractivity contribution in [3.05, 3.63) is 6.42 Å². The number of hydrogen-bond donors (Lipinski definition) is 1. The van der Waals surface area contributed by atoms with Crippen LogP contribution in [0, 0.1) is 12.3 Å². The third-order valence-corrected chi connectivity index (χ3v) is 5.99. The molecule has 0 aliphatic rings. The summed E-state index contributed by atoms with van der Waals surface area (Å²) in [6.07, 6.45) is 29.8. The predicted molar refractivity (Wildman–Crippen MR) is 123 cm³/mol. The Morgan fingerprint density at radius 1 is 0.556 bits per heavy atom. The van der Waals surface area contributed by atoms with Crippen LogP contribution in [0.3, 0.4) is 0 Å². The molecule has 27 heavy (non-hydrogen) atoms. The summed E-state index contributed by atoms with van der Waals surface area (Å²) < 4.78 is 0. The molecule has 0 aliphatic carbocycles. The lowest BCUT2D eigenvalue weighted by Gasteiger charge is -2.17. The van der Waals surface area contributed by atoms with Crippen LogP contribution in [0.4, 0.5) is 0 Å². The molecule has 0 saturated heterocycles. The van der Waals surface area contributed by atoms with Gasteiger partial charge in [0, 0.05) is 0 Å². The SMILES string of the molecule is CCCCCCCCCCCCC(C[CH]C(C)O)CCCCCCCCC. The van der Waals surface area contributed by atoms with Gasteiger partial charge in [0.25, 0.3) is 0 Å². The molecule has 0 aliphatic heterocycles. The fraction of sp³-hybridized carbons (Fsp3) is 0.962. The van der Waals surface area contributed by atoms with Crippen LogP contribution < -0.4 is 0 Å². The first kappa shape index (κ1) is 27.0. The van der Waals surface area contributed by atoms with Crippen LogP contribution in [0.25, 0.3) is 0 Å². The van der Waals surface area contributed by atoms with Gasteiger partial charge in [-0.15, -0.1) is 0 Å². The molecule has 2 unspecified atom stereocenters. The summed E-state index contributed by atoms with van der Waals surface area (Å²) in [6.45, 7) is 6.47. The van der Waals surface area contributed by atoms with E-state index in [0.29, 0.717) is 0 Å². The Labute approximate surface area is 173 Å². The van der Waals surface area contributed by atoms with Crippen molar-refractivity contribution in [2.75, 3.05) is 0 Å². The Hall–Kier alpha value is -0.0400. The van der Waals surface area contributed by atoms with E-state index in [1.165, 1.54) is 122 Å². The van der Waals surface area contributed by atoms with Gasteiger partial charge < -0.3 is 5.11 Å². The minimum absolute atomic E-state index is 0.241. The maximum Gasteiger partial charge on any atom is 0.0543 e. The van der Waals surface area contributed by atoms with E-state index in [4.69, 9.17) is 0 Å². The van der Waals surface area contributed by atoms with E-state index < -0.39 is 0 Å². The van der Waals surface area contributed by atoms with E-state index in [1.54, 1.807) is 0 Å². The molecule has 0 aromatic carbocycles. The first-order valence-electron chi connectivity index (χ1n) is 12.7. The highest BCUT2D eigenvalue weighted by Crippen LogP contribution is 2.24. The fourth-order valence-electron chi connectivity index (χ4n) is 4.08. The highest BCUT2D eigenvalue weighted by atomic mass is 16.3. The van der Waals surface area contributed by atoms with Crippen molar-refractivity contribution >= 4 is 0 Å². The monoisotopic (exact) mass is 381 g/mol. The van der Waals surface area contributed by atoms with Crippen molar-refractivity contribution in [3.8, 4) is 0 Å². The standard InChI is InChI=1S/C26H53O/c1-4-6-8-10-12-13-14-16-18-20-22-26(24-23-25(3)27)21-19-17-15-11-9-7-5-2/h23,25-27H,4-22,24H2,1-3H3. The van der Waals surface area contributed by atoms with Crippen molar-refractivity contribution in [3.63, 3.8) is 0 Å². The second-order valence-corrected chi connectivity index (χ2v) is 8.96. The maximum absolute atomic E-state index is 9.58. The zero-order valence-corrected chi connectivity index (χ0v) is 19.3. The van der Waals surface area contributed by atoms with E-state index in [2.05, 4.69) is 20.3 Å². The summed E-state index contributed by atoms with van der Waals surface area (Å²) in [5, 5.41) is 9.58. The number of aliphatic hydroxyl groups is 1. The maximum atomic E-state index is 9.58. The average molecular weight is 382 g/mol. The number of hydrogen-bond acceptors (Lipinski definition) is 1. The molecule has 0 rings (SSSR count). The van der Waals surface area contributed by atoms with Crippen LogP contribution in [-0.4, -0.2) is 11.2 Å². The fourth-order valence-corrected chi connectivity index (χ4v) is 4.08. The third kappa shape index (κ3) is 22.1. The molecule has 0 spiro atoms. The Bertz CT molecular complexity index is 261. The second-order valence-electron chi connectivity index (χ2n) is 8.96. The Balaban J connectivity index is 3.64. The summed E-state index contributed by atoms with van der Waals surface area (Å²) in [5.74, 6) is 0.810. The summed E-state index contributed by atoms with van der Waals surface area (Å²) >= 11 is 0. The van der Waals surface area contributed by atoms with Crippen LogP contribution in [0.1, 0.15) is 149 Å². The zero-order valence-electron chi connectivity index (χ0n) is 19.3. The summed E-state index contributed by atoms with van der Waals surface area (Å²) in [7, 11) is 0. The van der Waals surface area contributed by atoms with Gasteiger partial charge >= 0.3 is 0 Å². The summed E-state index contributed by atoms with van der Waals surface area (Å²) in [4.78, 5) is 0. The van der Waals surface area contributed by atoms with Crippen LogP contribution >= 0.6 is 0 Å². The largest absolute Gasteiger partial charge is 0.393 e. The quantitative estimate of drug-likeness (QED) is 0.185. The zero-order chi connectivity index (χ0) is 20.0. The molecule has 0 aromatic rings. The van der Waals surface area contributed by atoms with Crippen molar-refractivity contribution in [1.29, 1.82) is 0 Å². The predicted octanol–water partition coefficient (Wildman–Crippen LogP) is 9.03. The number of unbranched alkanes of at least 4 members (excludes halogenated alkanes) is 15. The smallest absolute Gasteiger partial charge is 0.0543 e. The molecule has 0 saturated carbocycles. The molecule has 163 valence electrons. The molecule has 1 N–H and O–H groups in total. The summed E-state index contributed by atoms with van der Waals surface area (Å²) in [5.41, 5.74) is 0. The van der Waals surface area contributed by atoms with Gasteiger partial charge in [0.2, 0.25) is 0 Å². The van der Waals surface area contributed by atoms with Crippen LogP contribution in [0.5, 0.6) is 0 Å². The summed E-state index contributed by atoms with van der Waals surface area (Å²) in [6, 6.07) is 0. The van der Waals surface area contributed by atoms with Gasteiger partial charge in [-0.3, -0.25) is 0 Å². The molecular weight excluding hydrogens is 328 g/mol. The second kappa shape index (κ2) is 22.3. The normalized spacial score (nSPS) is 13.8. The highest BCUT2D eigenvalue weighted by Gasteiger charge is 2.10. The van der Waals surface area contributed by atoms with Crippen LogP contribution in [0.15, 0.2) is 0 Å². The van der Waals surface area contributed by atoms with Crippen molar-refractivity contribution in [1.82, 2.24) is 0 Å². The Kier molecular flexibility index (Phi) is 22.2. The average Bonchev–Trinajstić information content (AvgIpc) is 2.66. The first-order chi connectivity index (χ1) is 13.2. The van der Waals surface area contributed by atoms with Crippen molar-refractivity contribution < 1.29 is 5.11 Å². The molecule has 0 fully saturated rings. The Morgan fingerprint density at radius 2 is 0.889 bits per heavy atom.